The summed E-state index contributed by atoms with van der Waals surface area (Å²) in [7, 11) is 1.78. The third-order valence-electron chi connectivity index (χ3n) is 2.87. The number of carbonyl (C=O) groups is 1. The van der Waals surface area contributed by atoms with Crippen molar-refractivity contribution in [3.63, 3.8) is 0 Å². The van der Waals surface area contributed by atoms with Crippen LogP contribution in [0.15, 0.2) is 35.3 Å². The van der Waals surface area contributed by atoms with Gasteiger partial charge in [0.05, 0.1) is 5.16 Å². The summed E-state index contributed by atoms with van der Waals surface area (Å²) in [5.74, 6) is -0.0336. The van der Waals surface area contributed by atoms with Crippen molar-refractivity contribution in [3.05, 3.63) is 35.9 Å². The fraction of sp³-hybridized carbons (Fsp3) is 0.467. The van der Waals surface area contributed by atoms with E-state index in [2.05, 4.69) is 22.4 Å². The Balaban J connectivity index is 2.83. The monoisotopic (exact) mass is 276 g/mol. The quantitative estimate of drug-likeness (QED) is 0.625. The summed E-state index contributed by atoms with van der Waals surface area (Å²) in [5.41, 5.74) is 0.825. The van der Waals surface area contributed by atoms with E-state index in [1.807, 2.05) is 51.1 Å². The van der Waals surface area contributed by atoms with Crippen LogP contribution in [0.5, 0.6) is 0 Å². The Hall–Kier alpha value is -1.51. The summed E-state index contributed by atoms with van der Waals surface area (Å²) in [6, 6.07) is 9.39. The van der Waals surface area contributed by atoms with Gasteiger partial charge in [-0.05, 0) is 23.2 Å². The highest BCUT2D eigenvalue weighted by Crippen LogP contribution is 2.24. The molecule has 0 saturated carbocycles. The van der Waals surface area contributed by atoms with Crippen molar-refractivity contribution < 1.29 is 4.79 Å². The molecule has 0 spiro atoms. The number of isothiocyanates is 1. The van der Waals surface area contributed by atoms with Crippen molar-refractivity contribution in [2.45, 2.75) is 33.4 Å². The van der Waals surface area contributed by atoms with E-state index in [9.17, 15) is 4.79 Å². The molecule has 4 heteroatoms. The molecule has 0 unspecified atom stereocenters. The third-order valence-corrected chi connectivity index (χ3v) is 2.98. The second-order valence-electron chi connectivity index (χ2n) is 5.67. The molecule has 1 aromatic carbocycles. The van der Waals surface area contributed by atoms with Crippen molar-refractivity contribution in [1.29, 1.82) is 0 Å². The van der Waals surface area contributed by atoms with E-state index in [0.717, 1.165) is 5.56 Å². The smallest absolute Gasteiger partial charge is 0.248 e. The summed E-state index contributed by atoms with van der Waals surface area (Å²) in [6.45, 7) is 6.49. The zero-order chi connectivity index (χ0) is 14.5. The number of hydrogen-bond donors (Lipinski definition) is 0. The molecule has 1 atom stereocenters. The maximum absolute atomic E-state index is 12.4. The number of aliphatic imine (C=N–C) groups is 1. The number of thiocarbonyl (C=S) groups is 1. The van der Waals surface area contributed by atoms with Gasteiger partial charge in [-0.15, -0.1) is 0 Å². The largest absolute Gasteiger partial charge is 0.340 e. The van der Waals surface area contributed by atoms with Crippen LogP contribution in [0.4, 0.5) is 0 Å². The molecule has 0 radical (unpaired) electrons. The molecule has 19 heavy (non-hydrogen) atoms. The van der Waals surface area contributed by atoms with Gasteiger partial charge in [-0.1, -0.05) is 51.1 Å². The van der Waals surface area contributed by atoms with Gasteiger partial charge < -0.3 is 4.90 Å². The molecule has 1 amide bonds. The summed E-state index contributed by atoms with van der Waals surface area (Å²) in [4.78, 5) is 18.1. The van der Waals surface area contributed by atoms with Crippen molar-refractivity contribution >= 4 is 23.3 Å². The molecule has 0 saturated heterocycles. The second kappa shape index (κ2) is 6.60. The molecule has 102 valence electrons. The van der Waals surface area contributed by atoms with Crippen LogP contribution in [0.3, 0.4) is 0 Å². The first-order valence-corrected chi connectivity index (χ1v) is 6.63. The molecule has 0 aromatic heterocycles. The lowest BCUT2D eigenvalue weighted by Gasteiger charge is -2.29. The van der Waals surface area contributed by atoms with Crippen molar-refractivity contribution in [2.75, 3.05) is 7.05 Å². The molecule has 0 aliphatic carbocycles. The van der Waals surface area contributed by atoms with Crippen LogP contribution in [0.25, 0.3) is 0 Å². The van der Waals surface area contributed by atoms with E-state index < -0.39 is 6.04 Å². The first-order chi connectivity index (χ1) is 8.86. The van der Waals surface area contributed by atoms with Crippen LogP contribution in [0.1, 0.15) is 26.3 Å². The van der Waals surface area contributed by atoms with Gasteiger partial charge >= 0.3 is 0 Å². The van der Waals surface area contributed by atoms with Gasteiger partial charge in [-0.3, -0.25) is 4.79 Å². The fourth-order valence-electron chi connectivity index (χ4n) is 1.82. The minimum atomic E-state index is -0.487. The van der Waals surface area contributed by atoms with Gasteiger partial charge in [-0.2, -0.15) is 0 Å². The molecule has 0 N–H and O–H groups in total. The molecule has 3 nitrogen and oxygen atoms in total. The van der Waals surface area contributed by atoms with E-state index >= 15 is 0 Å². The Bertz CT molecular complexity index is 473. The molecule has 0 heterocycles. The number of amides is 1. The lowest BCUT2D eigenvalue weighted by atomic mass is 9.86. The number of likely N-dealkylation sites (N-methyl/N-ethyl adjacent to an activating group) is 1. The molecule has 1 aromatic rings. The summed E-state index contributed by atoms with van der Waals surface area (Å²) in [5, 5.41) is 2.33. The zero-order valence-corrected chi connectivity index (χ0v) is 12.7. The maximum atomic E-state index is 12.4. The number of carbonyl (C=O) groups excluding carboxylic acids is 1. The van der Waals surface area contributed by atoms with Gasteiger partial charge in [0.25, 0.3) is 0 Å². The number of nitrogens with zero attached hydrogens (tertiary/aromatic N) is 2. The lowest BCUT2D eigenvalue weighted by Crippen LogP contribution is -2.42. The third kappa shape index (κ3) is 4.58. The van der Waals surface area contributed by atoms with Gasteiger partial charge in [0.15, 0.2) is 0 Å². The molecular formula is C15H20N2OS. The SMILES string of the molecule is CN(Cc1ccccc1)C(=O)[C@@H](N=C=S)C(C)(C)C. The summed E-state index contributed by atoms with van der Waals surface area (Å²) >= 11 is 4.65. The molecular weight excluding hydrogens is 256 g/mol. The lowest BCUT2D eigenvalue weighted by molar-refractivity contribution is -0.134. The molecule has 0 aliphatic rings. The Morgan fingerprint density at radius 1 is 1.37 bits per heavy atom. The Labute approximate surface area is 120 Å². The zero-order valence-electron chi connectivity index (χ0n) is 11.9. The van der Waals surface area contributed by atoms with Gasteiger partial charge in [-0.25, -0.2) is 4.99 Å². The first kappa shape index (κ1) is 15.5. The van der Waals surface area contributed by atoms with Crippen LogP contribution in [-0.4, -0.2) is 29.1 Å². The minimum absolute atomic E-state index is 0.0336. The van der Waals surface area contributed by atoms with Crippen molar-refractivity contribution in [3.8, 4) is 0 Å². The molecule has 0 aliphatic heterocycles. The summed E-state index contributed by atoms with van der Waals surface area (Å²) < 4.78 is 0. The van der Waals surface area contributed by atoms with Gasteiger partial charge in [0.1, 0.15) is 6.04 Å². The normalized spacial score (nSPS) is 12.4. The average Bonchev–Trinajstić information content (AvgIpc) is 2.35. The molecule has 0 bridgehead atoms. The number of hydrogen-bond acceptors (Lipinski definition) is 3. The molecule has 1 rings (SSSR count). The predicted octanol–water partition coefficient (Wildman–Crippen LogP) is 3.16. The van der Waals surface area contributed by atoms with Crippen LogP contribution < -0.4 is 0 Å². The highest BCUT2D eigenvalue weighted by atomic mass is 32.1. The maximum Gasteiger partial charge on any atom is 0.248 e. The van der Waals surface area contributed by atoms with E-state index in [0.29, 0.717) is 6.54 Å². The fourth-order valence-corrected chi connectivity index (χ4v) is 1.92. The Morgan fingerprint density at radius 2 is 1.95 bits per heavy atom. The Kier molecular flexibility index (Phi) is 5.40. The number of rotatable bonds is 4. The van der Waals surface area contributed by atoms with E-state index in [1.165, 1.54) is 0 Å². The van der Waals surface area contributed by atoms with Crippen molar-refractivity contribution in [1.82, 2.24) is 4.90 Å². The number of benzene rings is 1. The molecule has 0 fully saturated rings. The summed E-state index contributed by atoms with van der Waals surface area (Å²) in [6.07, 6.45) is 0. The second-order valence-corrected chi connectivity index (χ2v) is 5.85. The van der Waals surface area contributed by atoms with Gasteiger partial charge in [0.2, 0.25) is 5.91 Å². The van der Waals surface area contributed by atoms with Crippen LogP contribution >= 0.6 is 12.2 Å². The van der Waals surface area contributed by atoms with Crippen molar-refractivity contribution in [2.24, 2.45) is 10.4 Å². The van der Waals surface area contributed by atoms with E-state index in [4.69, 9.17) is 0 Å². The first-order valence-electron chi connectivity index (χ1n) is 6.22. The highest BCUT2D eigenvalue weighted by molar-refractivity contribution is 7.78. The van der Waals surface area contributed by atoms with Crippen LogP contribution in [0.2, 0.25) is 0 Å². The van der Waals surface area contributed by atoms with Crippen LogP contribution in [0, 0.1) is 5.41 Å². The van der Waals surface area contributed by atoms with Crippen LogP contribution in [-0.2, 0) is 11.3 Å². The standard InChI is InChI=1S/C15H20N2OS/c1-15(2,3)13(16-11-19)14(18)17(4)10-12-8-6-5-7-9-12/h5-9,13H,10H2,1-4H3/t13-/m1/s1. The highest BCUT2D eigenvalue weighted by Gasteiger charge is 2.32. The Morgan fingerprint density at radius 3 is 2.42 bits per heavy atom. The average molecular weight is 276 g/mol. The van der Waals surface area contributed by atoms with E-state index in [1.54, 1.807) is 11.9 Å². The topological polar surface area (TPSA) is 32.7 Å². The minimum Gasteiger partial charge on any atom is -0.340 e. The van der Waals surface area contributed by atoms with E-state index in [-0.39, 0.29) is 11.3 Å². The van der Waals surface area contributed by atoms with Gasteiger partial charge in [0, 0.05) is 13.6 Å². The predicted molar refractivity (Wildman–Crippen MR) is 81.2 cm³/mol.